The molecule has 0 spiro atoms. The molecule has 0 aromatic carbocycles. The lowest BCUT2D eigenvalue weighted by Crippen LogP contribution is -2.21. The molecule has 0 unspecified atom stereocenters. The van der Waals surface area contributed by atoms with E-state index in [4.69, 9.17) is 0 Å². The minimum absolute atomic E-state index is 0.437. The van der Waals surface area contributed by atoms with Crippen molar-refractivity contribution in [2.24, 2.45) is 17.8 Å². The maximum Gasteiger partial charge on any atom is 0.135 e. The first-order chi connectivity index (χ1) is 8.29. The van der Waals surface area contributed by atoms with E-state index in [9.17, 15) is 4.79 Å². The lowest BCUT2D eigenvalue weighted by atomic mass is 9.77. The van der Waals surface area contributed by atoms with Gasteiger partial charge in [-0.1, -0.05) is 39.0 Å². The van der Waals surface area contributed by atoms with E-state index in [2.05, 4.69) is 6.92 Å². The van der Waals surface area contributed by atoms with E-state index < -0.39 is 0 Å². The van der Waals surface area contributed by atoms with Crippen LogP contribution in [0.3, 0.4) is 0 Å². The number of carbonyl (C=O) groups is 1. The zero-order valence-corrected chi connectivity index (χ0v) is 11.4. The Morgan fingerprint density at radius 1 is 0.941 bits per heavy atom. The molecule has 0 atom stereocenters. The third kappa shape index (κ3) is 4.44. The molecule has 0 aromatic heterocycles. The largest absolute Gasteiger partial charge is 0.299 e. The van der Waals surface area contributed by atoms with Crippen molar-refractivity contribution in [3.05, 3.63) is 0 Å². The lowest BCUT2D eigenvalue weighted by Gasteiger charge is -2.27. The molecular formula is C16H28O. The number of hydrogen-bond donors (Lipinski definition) is 0. The number of ketones is 1. The topological polar surface area (TPSA) is 17.1 Å². The van der Waals surface area contributed by atoms with Crippen LogP contribution in [-0.4, -0.2) is 5.78 Å². The van der Waals surface area contributed by atoms with Crippen molar-refractivity contribution >= 4 is 5.78 Å². The van der Waals surface area contributed by atoms with Gasteiger partial charge < -0.3 is 0 Å². The van der Waals surface area contributed by atoms with E-state index in [0.717, 1.165) is 18.3 Å². The molecule has 0 saturated heterocycles. The van der Waals surface area contributed by atoms with Crippen LogP contribution in [0, 0.1) is 17.8 Å². The van der Waals surface area contributed by atoms with Gasteiger partial charge in [0.2, 0.25) is 0 Å². The first kappa shape index (κ1) is 13.1. The quantitative estimate of drug-likeness (QED) is 0.624. The number of Topliss-reactive ketones (excluding diaryl/α,β-unsaturated/α-hetero) is 1. The molecule has 0 aliphatic heterocycles. The maximum atomic E-state index is 12.1. The van der Waals surface area contributed by atoms with Gasteiger partial charge in [-0.05, 0) is 43.9 Å². The second kappa shape index (κ2) is 6.56. The summed E-state index contributed by atoms with van der Waals surface area (Å²) < 4.78 is 0. The Bertz CT molecular complexity index is 234. The Morgan fingerprint density at radius 2 is 1.53 bits per heavy atom. The zero-order chi connectivity index (χ0) is 12.1. The highest BCUT2D eigenvalue weighted by atomic mass is 16.1. The first-order valence-corrected chi connectivity index (χ1v) is 7.82. The highest BCUT2D eigenvalue weighted by Gasteiger charge is 2.27. The average Bonchev–Trinajstić information content (AvgIpc) is 3.18. The standard InChI is InChI=1S/C16H28O/c1-2-3-4-13-7-10-15(11-8-13)16(17)12-9-14-5-6-14/h13-15H,2-12H2,1H3. The molecule has 0 bridgehead atoms. The third-order valence-corrected chi connectivity index (χ3v) is 4.76. The summed E-state index contributed by atoms with van der Waals surface area (Å²) in [6, 6.07) is 0. The summed E-state index contributed by atoms with van der Waals surface area (Å²) in [5.74, 6) is 2.87. The molecule has 0 radical (unpaired) electrons. The van der Waals surface area contributed by atoms with Gasteiger partial charge in [-0.2, -0.15) is 0 Å². The molecule has 2 aliphatic carbocycles. The minimum atomic E-state index is 0.437. The van der Waals surface area contributed by atoms with Gasteiger partial charge in [-0.15, -0.1) is 0 Å². The van der Waals surface area contributed by atoms with Crippen molar-refractivity contribution in [3.8, 4) is 0 Å². The van der Waals surface area contributed by atoms with E-state index in [0.29, 0.717) is 11.7 Å². The molecular weight excluding hydrogens is 208 g/mol. The molecule has 2 fully saturated rings. The fraction of sp³-hybridized carbons (Fsp3) is 0.938. The van der Waals surface area contributed by atoms with Gasteiger partial charge in [0.1, 0.15) is 5.78 Å². The van der Waals surface area contributed by atoms with Gasteiger partial charge in [0, 0.05) is 12.3 Å². The number of unbranched alkanes of at least 4 members (excludes halogenated alkanes) is 1. The maximum absolute atomic E-state index is 12.1. The van der Waals surface area contributed by atoms with Crippen LogP contribution in [0.15, 0.2) is 0 Å². The zero-order valence-electron chi connectivity index (χ0n) is 11.4. The second-order valence-corrected chi connectivity index (χ2v) is 6.31. The van der Waals surface area contributed by atoms with Gasteiger partial charge in [0.05, 0.1) is 0 Å². The van der Waals surface area contributed by atoms with Gasteiger partial charge in [0.25, 0.3) is 0 Å². The molecule has 17 heavy (non-hydrogen) atoms. The van der Waals surface area contributed by atoms with Gasteiger partial charge in [-0.3, -0.25) is 4.79 Å². The van der Waals surface area contributed by atoms with Crippen molar-refractivity contribution in [1.82, 2.24) is 0 Å². The predicted octanol–water partition coefficient (Wildman–Crippen LogP) is 4.74. The van der Waals surface area contributed by atoms with Gasteiger partial charge in [0.15, 0.2) is 0 Å². The summed E-state index contributed by atoms with van der Waals surface area (Å²) in [6.07, 6.45) is 14.0. The molecule has 0 aromatic rings. The second-order valence-electron chi connectivity index (χ2n) is 6.31. The van der Waals surface area contributed by atoms with Crippen LogP contribution in [0.2, 0.25) is 0 Å². The average molecular weight is 236 g/mol. The molecule has 1 nitrogen and oxygen atoms in total. The van der Waals surface area contributed by atoms with Crippen molar-refractivity contribution in [1.29, 1.82) is 0 Å². The minimum Gasteiger partial charge on any atom is -0.299 e. The van der Waals surface area contributed by atoms with E-state index >= 15 is 0 Å². The van der Waals surface area contributed by atoms with Crippen LogP contribution in [0.4, 0.5) is 0 Å². The van der Waals surface area contributed by atoms with Crippen molar-refractivity contribution in [3.63, 3.8) is 0 Å². The van der Waals surface area contributed by atoms with Crippen LogP contribution in [-0.2, 0) is 4.79 Å². The van der Waals surface area contributed by atoms with E-state index in [1.807, 2.05) is 0 Å². The van der Waals surface area contributed by atoms with Crippen LogP contribution in [0.5, 0.6) is 0 Å². The lowest BCUT2D eigenvalue weighted by molar-refractivity contribution is -0.124. The summed E-state index contributed by atoms with van der Waals surface area (Å²) in [7, 11) is 0. The summed E-state index contributed by atoms with van der Waals surface area (Å²) in [5, 5.41) is 0. The fourth-order valence-corrected chi connectivity index (χ4v) is 3.22. The molecule has 98 valence electrons. The van der Waals surface area contributed by atoms with Crippen LogP contribution < -0.4 is 0 Å². The molecule has 2 rings (SSSR count). The molecule has 1 heteroatoms. The van der Waals surface area contributed by atoms with Gasteiger partial charge >= 0.3 is 0 Å². The van der Waals surface area contributed by atoms with Crippen LogP contribution in [0.1, 0.15) is 77.6 Å². The Hall–Kier alpha value is -0.330. The Labute approximate surface area is 106 Å². The van der Waals surface area contributed by atoms with E-state index in [1.165, 1.54) is 64.2 Å². The number of hydrogen-bond acceptors (Lipinski definition) is 1. The molecule has 2 aliphatic rings. The molecule has 0 N–H and O–H groups in total. The normalized spacial score (nSPS) is 29.2. The summed E-state index contributed by atoms with van der Waals surface area (Å²) in [4.78, 5) is 12.1. The third-order valence-electron chi connectivity index (χ3n) is 4.76. The summed E-state index contributed by atoms with van der Waals surface area (Å²) in [6.45, 7) is 2.27. The fourth-order valence-electron chi connectivity index (χ4n) is 3.22. The van der Waals surface area contributed by atoms with Crippen LogP contribution >= 0.6 is 0 Å². The summed E-state index contributed by atoms with van der Waals surface area (Å²) in [5.41, 5.74) is 0. The highest BCUT2D eigenvalue weighted by molar-refractivity contribution is 5.81. The van der Waals surface area contributed by atoms with Crippen LogP contribution in [0.25, 0.3) is 0 Å². The highest BCUT2D eigenvalue weighted by Crippen LogP contribution is 2.36. The predicted molar refractivity (Wildman–Crippen MR) is 71.9 cm³/mol. The van der Waals surface area contributed by atoms with Crippen molar-refractivity contribution < 1.29 is 4.79 Å². The molecule has 0 heterocycles. The monoisotopic (exact) mass is 236 g/mol. The smallest absolute Gasteiger partial charge is 0.135 e. The number of carbonyl (C=O) groups excluding carboxylic acids is 1. The van der Waals surface area contributed by atoms with E-state index in [-0.39, 0.29) is 0 Å². The number of rotatable bonds is 7. The van der Waals surface area contributed by atoms with E-state index in [1.54, 1.807) is 0 Å². The Balaban J connectivity index is 1.61. The Kier molecular flexibility index (Phi) is 5.06. The Morgan fingerprint density at radius 3 is 2.12 bits per heavy atom. The van der Waals surface area contributed by atoms with Gasteiger partial charge in [-0.25, -0.2) is 0 Å². The molecule has 2 saturated carbocycles. The summed E-state index contributed by atoms with van der Waals surface area (Å²) >= 11 is 0. The molecule has 0 amide bonds. The van der Waals surface area contributed by atoms with Crippen molar-refractivity contribution in [2.45, 2.75) is 77.6 Å². The first-order valence-electron chi connectivity index (χ1n) is 7.82. The van der Waals surface area contributed by atoms with Crippen molar-refractivity contribution in [2.75, 3.05) is 0 Å². The SMILES string of the molecule is CCCCC1CCC(C(=O)CCC2CC2)CC1.